The normalized spacial score (nSPS) is 34.7. The predicted molar refractivity (Wildman–Crippen MR) is 168 cm³/mol. The molecule has 0 saturated carbocycles. The molecule has 0 aromatic carbocycles. The summed E-state index contributed by atoms with van der Waals surface area (Å²) in [6, 6.07) is -1.40. The summed E-state index contributed by atoms with van der Waals surface area (Å²) in [5, 5.41) is 14.8. The fourth-order valence-electron chi connectivity index (χ4n) is 7.11. The van der Waals surface area contributed by atoms with E-state index in [0.29, 0.717) is 0 Å². The highest BCUT2D eigenvalue weighted by molar-refractivity contribution is 5.81. The van der Waals surface area contributed by atoms with Crippen molar-refractivity contribution in [1.82, 2.24) is 5.32 Å². The van der Waals surface area contributed by atoms with Gasteiger partial charge in [0.25, 0.3) is 0 Å². The van der Waals surface area contributed by atoms with Gasteiger partial charge in [0, 0.05) is 47.5 Å². The maximum atomic E-state index is 13.9. The van der Waals surface area contributed by atoms with Gasteiger partial charge in [-0.3, -0.25) is 24.0 Å². The molecular formula is C33H49NO18. The summed E-state index contributed by atoms with van der Waals surface area (Å²) in [6.07, 6.45) is -13.6. The van der Waals surface area contributed by atoms with Crippen LogP contribution in [0.3, 0.4) is 0 Å². The molecule has 4 rings (SSSR count). The van der Waals surface area contributed by atoms with Crippen molar-refractivity contribution in [2.45, 2.75) is 160 Å². The van der Waals surface area contributed by atoms with Crippen molar-refractivity contribution >= 4 is 35.8 Å². The van der Waals surface area contributed by atoms with Gasteiger partial charge in [0.2, 0.25) is 5.91 Å². The van der Waals surface area contributed by atoms with E-state index in [1.807, 2.05) is 0 Å². The van der Waals surface area contributed by atoms with Crippen molar-refractivity contribution in [2.24, 2.45) is 0 Å². The van der Waals surface area contributed by atoms with Crippen LogP contribution in [0.2, 0.25) is 0 Å². The Balaban J connectivity index is 1.82. The van der Waals surface area contributed by atoms with Crippen LogP contribution in [0, 0.1) is 0 Å². The molecule has 4 heterocycles. The third-order valence-electron chi connectivity index (χ3n) is 8.83. The molecule has 2 N–H and O–H groups in total. The van der Waals surface area contributed by atoms with Gasteiger partial charge in [-0.05, 0) is 27.7 Å². The Labute approximate surface area is 300 Å². The van der Waals surface area contributed by atoms with Crippen LogP contribution in [0.15, 0.2) is 0 Å². The fourth-order valence-corrected chi connectivity index (χ4v) is 7.11. The van der Waals surface area contributed by atoms with Gasteiger partial charge in [-0.15, -0.1) is 0 Å². The molecule has 0 bridgehead atoms. The molecule has 19 heteroatoms. The van der Waals surface area contributed by atoms with Gasteiger partial charge in [0.05, 0.1) is 25.4 Å². The van der Waals surface area contributed by atoms with Crippen LogP contribution in [0.25, 0.3) is 0 Å². The molecule has 4 saturated heterocycles. The summed E-state index contributed by atoms with van der Waals surface area (Å²) in [5.74, 6) is -7.42. The molecule has 4 aliphatic rings. The maximum Gasteiger partial charge on any atom is 0.341 e. The van der Waals surface area contributed by atoms with Crippen molar-refractivity contribution in [1.29, 1.82) is 0 Å². The predicted octanol–water partition coefficient (Wildman–Crippen LogP) is -0.302. The van der Waals surface area contributed by atoms with Crippen LogP contribution in [0.1, 0.15) is 75.2 Å². The van der Waals surface area contributed by atoms with E-state index in [9.17, 15) is 33.9 Å². The minimum absolute atomic E-state index is 0.397. The molecule has 0 radical (unpaired) electrons. The van der Waals surface area contributed by atoms with Crippen LogP contribution in [0.4, 0.5) is 0 Å². The topological polar surface area (TPSA) is 236 Å². The van der Waals surface area contributed by atoms with Gasteiger partial charge in [-0.2, -0.15) is 0 Å². The first-order valence-corrected chi connectivity index (χ1v) is 16.8. The summed E-state index contributed by atoms with van der Waals surface area (Å²) in [4.78, 5) is 75.6. The number of ether oxygens (including phenoxy) is 11. The van der Waals surface area contributed by atoms with E-state index in [-0.39, 0.29) is 0 Å². The number of fused-ring (bicyclic) bond motifs is 3. The van der Waals surface area contributed by atoms with E-state index in [1.54, 1.807) is 27.7 Å². The van der Waals surface area contributed by atoms with Gasteiger partial charge in [-0.1, -0.05) is 0 Å². The summed E-state index contributed by atoms with van der Waals surface area (Å²) in [7, 11) is 1.03. The summed E-state index contributed by atoms with van der Waals surface area (Å²) in [5.41, 5.74) is -2.44. The monoisotopic (exact) mass is 747 g/mol. The molecule has 0 aliphatic carbocycles. The third-order valence-corrected chi connectivity index (χ3v) is 8.83. The van der Waals surface area contributed by atoms with Gasteiger partial charge in [0.1, 0.15) is 37.1 Å². The standard InChI is InChI=1S/C33H49NO18/c1-14(35)34-23-20(44-16(3)37)12-33(30(41)42-10,51-26(23)24(46-18(5)39)21(45-17(4)38)13-43-15(2)36)22(40)11-19-25-27(49-31(6,7)48-25)28-29(47-19)52-32(8,9)50-28/h19-29,40H,11-13H2,1-10H3,(H,34,35)/t19-,20+,21-,22?,23-,24-,25+,26-,27+,28-,29-,33+/m1/s1. The summed E-state index contributed by atoms with van der Waals surface area (Å²) < 4.78 is 63.9. The van der Waals surface area contributed by atoms with Gasteiger partial charge < -0.3 is 62.5 Å². The Morgan fingerprint density at radius 3 is 1.94 bits per heavy atom. The van der Waals surface area contributed by atoms with E-state index in [1.165, 1.54) is 0 Å². The minimum Gasteiger partial charge on any atom is -0.467 e. The molecule has 0 spiro atoms. The Morgan fingerprint density at radius 2 is 1.38 bits per heavy atom. The van der Waals surface area contributed by atoms with Crippen LogP contribution >= 0.6 is 0 Å². The molecular weight excluding hydrogens is 698 g/mol. The van der Waals surface area contributed by atoms with Crippen molar-refractivity contribution in [3.63, 3.8) is 0 Å². The highest BCUT2D eigenvalue weighted by Crippen LogP contribution is 2.47. The Kier molecular flexibility index (Phi) is 12.6. The molecule has 1 amide bonds. The van der Waals surface area contributed by atoms with Crippen LogP contribution in [-0.2, 0) is 80.9 Å². The molecule has 4 fully saturated rings. The molecule has 4 aliphatic heterocycles. The zero-order chi connectivity index (χ0) is 38.9. The van der Waals surface area contributed by atoms with Gasteiger partial charge >= 0.3 is 29.8 Å². The Morgan fingerprint density at radius 1 is 0.788 bits per heavy atom. The number of hydrogen-bond acceptors (Lipinski definition) is 18. The average molecular weight is 748 g/mol. The summed E-state index contributed by atoms with van der Waals surface area (Å²) in [6.45, 7) is 11.5. The number of methoxy groups -OCH3 is 1. The van der Waals surface area contributed by atoms with E-state index in [4.69, 9.17) is 52.1 Å². The molecule has 294 valence electrons. The molecule has 19 nitrogen and oxygen atoms in total. The summed E-state index contributed by atoms with van der Waals surface area (Å²) >= 11 is 0. The second-order valence-corrected chi connectivity index (χ2v) is 14.0. The first-order valence-electron chi connectivity index (χ1n) is 16.8. The lowest BCUT2D eigenvalue weighted by Gasteiger charge is -2.51. The number of aliphatic hydroxyl groups is 1. The van der Waals surface area contributed by atoms with Crippen LogP contribution < -0.4 is 5.32 Å². The average Bonchev–Trinajstić information content (AvgIpc) is 3.51. The van der Waals surface area contributed by atoms with Gasteiger partial charge in [0.15, 0.2) is 35.7 Å². The second-order valence-electron chi connectivity index (χ2n) is 14.0. The second kappa shape index (κ2) is 15.9. The number of hydrogen-bond donors (Lipinski definition) is 2. The van der Waals surface area contributed by atoms with Crippen molar-refractivity contribution in [3.05, 3.63) is 0 Å². The van der Waals surface area contributed by atoms with Crippen molar-refractivity contribution in [3.8, 4) is 0 Å². The molecule has 52 heavy (non-hydrogen) atoms. The van der Waals surface area contributed by atoms with Crippen molar-refractivity contribution in [2.75, 3.05) is 13.7 Å². The zero-order valence-electron chi connectivity index (χ0n) is 30.9. The van der Waals surface area contributed by atoms with E-state index < -0.39 is 140 Å². The van der Waals surface area contributed by atoms with Gasteiger partial charge in [-0.25, -0.2) is 4.79 Å². The third kappa shape index (κ3) is 9.36. The molecule has 12 atom stereocenters. The number of esters is 5. The van der Waals surface area contributed by atoms with E-state index >= 15 is 0 Å². The number of carbonyl (C=O) groups excluding carboxylic acids is 6. The smallest absolute Gasteiger partial charge is 0.341 e. The lowest BCUT2D eigenvalue weighted by molar-refractivity contribution is -0.272. The number of nitrogens with one attached hydrogen (secondary N) is 1. The SMILES string of the molecule is COC(=O)[C@@]1(C(O)C[C@H]2O[C@@H]3OC(C)(C)O[C@@H]3[C@H]3OC(C)(C)O[C@H]32)C[C@H](OC(C)=O)[C@@H](NC(C)=O)[C@H]([C@H](OC(C)=O)[C@@H](COC(C)=O)OC(C)=O)O1. The number of carbonyl (C=O) groups is 6. The fraction of sp³-hybridized carbons (Fsp3) is 0.818. The van der Waals surface area contributed by atoms with Crippen molar-refractivity contribution < 1.29 is 86.0 Å². The number of aliphatic hydroxyl groups excluding tert-OH is 1. The molecule has 1 unspecified atom stereocenters. The van der Waals surface area contributed by atoms with Crippen LogP contribution in [-0.4, -0.2) is 139 Å². The minimum atomic E-state index is -2.44. The quantitative estimate of drug-likeness (QED) is 0.192. The van der Waals surface area contributed by atoms with Crippen LogP contribution in [0.5, 0.6) is 0 Å². The zero-order valence-corrected chi connectivity index (χ0v) is 30.9. The first kappa shape index (κ1) is 41.3. The Bertz CT molecular complexity index is 1380. The highest BCUT2D eigenvalue weighted by Gasteiger charge is 2.64. The largest absolute Gasteiger partial charge is 0.467 e. The number of rotatable bonds is 12. The number of amides is 1. The maximum absolute atomic E-state index is 13.9. The van der Waals surface area contributed by atoms with E-state index in [2.05, 4.69) is 5.32 Å². The molecule has 0 aromatic rings. The lowest BCUT2D eigenvalue weighted by Crippen LogP contribution is -2.71. The lowest BCUT2D eigenvalue weighted by atomic mass is 9.78. The molecule has 0 aromatic heterocycles. The van der Waals surface area contributed by atoms with E-state index in [0.717, 1.165) is 41.7 Å². The Hall–Kier alpha value is -3.46. The highest BCUT2D eigenvalue weighted by atomic mass is 16.9. The first-order chi connectivity index (χ1) is 24.1.